The maximum absolute atomic E-state index is 11.3. The summed E-state index contributed by atoms with van der Waals surface area (Å²) in [4.78, 5) is 21.3. The summed E-state index contributed by atoms with van der Waals surface area (Å²) in [6.45, 7) is 0. The quantitative estimate of drug-likeness (QED) is 0.346. The molecule has 0 aromatic heterocycles. The zero-order valence-electron chi connectivity index (χ0n) is 9.81. The molecule has 0 amide bonds. The van der Waals surface area contributed by atoms with E-state index in [1.807, 2.05) is 0 Å². The van der Waals surface area contributed by atoms with E-state index in [-0.39, 0.29) is 11.1 Å². The van der Waals surface area contributed by atoms with E-state index in [4.69, 9.17) is 5.26 Å². The number of methoxy groups -OCH3 is 1. The fraction of sp³-hybridized carbons (Fsp3) is 0.273. The summed E-state index contributed by atoms with van der Waals surface area (Å²) in [7, 11) is 1.12. The zero-order chi connectivity index (χ0) is 14.6. The van der Waals surface area contributed by atoms with Gasteiger partial charge in [0.15, 0.2) is 6.10 Å². The zero-order valence-corrected chi connectivity index (χ0v) is 9.81. The van der Waals surface area contributed by atoms with Gasteiger partial charge in [-0.15, -0.1) is 0 Å². The van der Waals surface area contributed by atoms with E-state index >= 15 is 0 Å². The average molecular weight is 266 g/mol. The molecule has 2 atom stereocenters. The molecule has 8 heteroatoms. The van der Waals surface area contributed by atoms with Crippen molar-refractivity contribution < 1.29 is 24.7 Å². The van der Waals surface area contributed by atoms with Crippen molar-refractivity contribution in [3.63, 3.8) is 0 Å². The lowest BCUT2D eigenvalue weighted by Crippen LogP contribution is -2.17. The van der Waals surface area contributed by atoms with Gasteiger partial charge in [-0.2, -0.15) is 5.26 Å². The second-order valence-electron chi connectivity index (χ2n) is 3.54. The van der Waals surface area contributed by atoms with Gasteiger partial charge in [-0.1, -0.05) is 0 Å². The van der Waals surface area contributed by atoms with Crippen LogP contribution in [-0.4, -0.2) is 34.3 Å². The highest BCUT2D eigenvalue weighted by Gasteiger charge is 2.27. The molecule has 0 saturated heterocycles. The normalized spacial score (nSPS) is 13.2. The van der Waals surface area contributed by atoms with Crippen molar-refractivity contribution in [2.24, 2.45) is 0 Å². The predicted octanol–water partition coefficient (Wildman–Crippen LogP) is 0.299. The Labute approximate surface area is 107 Å². The fourth-order valence-electron chi connectivity index (χ4n) is 1.44. The average Bonchev–Trinajstić information content (AvgIpc) is 2.43. The number of nitro groups is 1. The van der Waals surface area contributed by atoms with E-state index < -0.39 is 28.8 Å². The van der Waals surface area contributed by atoms with Crippen molar-refractivity contribution >= 4 is 11.7 Å². The minimum Gasteiger partial charge on any atom is -0.465 e. The molecule has 2 unspecified atom stereocenters. The number of nitriles is 1. The van der Waals surface area contributed by atoms with E-state index in [1.165, 1.54) is 12.1 Å². The van der Waals surface area contributed by atoms with Crippen LogP contribution in [0.3, 0.4) is 0 Å². The van der Waals surface area contributed by atoms with Crippen molar-refractivity contribution in [1.29, 1.82) is 5.26 Å². The predicted molar refractivity (Wildman–Crippen MR) is 61.0 cm³/mol. The lowest BCUT2D eigenvalue weighted by Gasteiger charge is -2.12. The first-order valence-electron chi connectivity index (χ1n) is 5.04. The summed E-state index contributed by atoms with van der Waals surface area (Å²) in [6.07, 6.45) is -3.54. The van der Waals surface area contributed by atoms with Crippen LogP contribution < -0.4 is 0 Å². The molecule has 2 N–H and O–H groups in total. The Kier molecular flexibility index (Phi) is 4.52. The van der Waals surface area contributed by atoms with E-state index in [9.17, 15) is 25.1 Å². The third kappa shape index (κ3) is 3.04. The lowest BCUT2D eigenvalue weighted by molar-refractivity contribution is -0.386. The maximum Gasteiger partial charge on any atom is 0.338 e. The van der Waals surface area contributed by atoms with Gasteiger partial charge in [0.2, 0.25) is 0 Å². The molecule has 8 nitrogen and oxygen atoms in total. The fourth-order valence-corrected chi connectivity index (χ4v) is 1.44. The van der Waals surface area contributed by atoms with Gasteiger partial charge >= 0.3 is 5.97 Å². The lowest BCUT2D eigenvalue weighted by atomic mass is 10.0. The number of benzene rings is 1. The molecule has 1 aromatic carbocycles. The largest absolute Gasteiger partial charge is 0.465 e. The number of hydrogen-bond acceptors (Lipinski definition) is 7. The molecule has 19 heavy (non-hydrogen) atoms. The third-order valence-electron chi connectivity index (χ3n) is 2.40. The smallest absolute Gasteiger partial charge is 0.338 e. The van der Waals surface area contributed by atoms with Crippen LogP contribution in [-0.2, 0) is 4.74 Å². The van der Waals surface area contributed by atoms with Gasteiger partial charge in [-0.05, 0) is 12.1 Å². The van der Waals surface area contributed by atoms with E-state index in [1.54, 1.807) is 0 Å². The first-order valence-corrected chi connectivity index (χ1v) is 5.04. The Morgan fingerprint density at radius 3 is 2.63 bits per heavy atom. The number of aliphatic hydroxyl groups excluding tert-OH is 2. The van der Waals surface area contributed by atoms with Gasteiger partial charge in [0.05, 0.1) is 29.2 Å². The van der Waals surface area contributed by atoms with E-state index in [2.05, 4.69) is 4.74 Å². The molecule has 0 aliphatic carbocycles. The summed E-state index contributed by atoms with van der Waals surface area (Å²) < 4.78 is 4.41. The highest BCUT2D eigenvalue weighted by atomic mass is 16.6. The SMILES string of the molecule is COC(=O)c1ccc(C(O)C(O)C#N)c([N+](=O)[O-])c1. The van der Waals surface area contributed by atoms with Crippen LogP contribution in [0, 0.1) is 21.4 Å². The van der Waals surface area contributed by atoms with Crippen molar-refractivity contribution in [1.82, 2.24) is 0 Å². The summed E-state index contributed by atoms with van der Waals surface area (Å²) >= 11 is 0. The molecule has 0 bridgehead atoms. The Morgan fingerprint density at radius 2 is 2.16 bits per heavy atom. The van der Waals surface area contributed by atoms with Crippen molar-refractivity contribution in [2.75, 3.05) is 7.11 Å². The minimum absolute atomic E-state index is 0.0726. The first-order chi connectivity index (χ1) is 8.92. The Hall–Kier alpha value is -2.50. The van der Waals surface area contributed by atoms with Gasteiger partial charge in [0.25, 0.3) is 5.69 Å². The molecule has 0 radical (unpaired) electrons. The van der Waals surface area contributed by atoms with Crippen LogP contribution in [0.4, 0.5) is 5.69 Å². The van der Waals surface area contributed by atoms with Crippen molar-refractivity contribution in [3.05, 3.63) is 39.4 Å². The molecule has 0 saturated carbocycles. The molecule has 1 aromatic rings. The molecule has 1 rings (SSSR count). The summed E-state index contributed by atoms with van der Waals surface area (Å²) in [5, 5.41) is 38.1. The molecular weight excluding hydrogens is 256 g/mol. The minimum atomic E-state index is -1.80. The van der Waals surface area contributed by atoms with Crippen LogP contribution in [0.2, 0.25) is 0 Å². The summed E-state index contributed by atoms with van der Waals surface area (Å²) in [5.41, 5.74) is -0.909. The van der Waals surface area contributed by atoms with Gasteiger partial charge in [0.1, 0.15) is 6.10 Å². The topological polar surface area (TPSA) is 134 Å². The first kappa shape index (κ1) is 14.6. The third-order valence-corrected chi connectivity index (χ3v) is 2.40. The van der Waals surface area contributed by atoms with Gasteiger partial charge in [0, 0.05) is 6.07 Å². The number of carbonyl (C=O) groups is 1. The number of hydrogen-bond donors (Lipinski definition) is 2. The maximum atomic E-state index is 11.3. The second-order valence-corrected chi connectivity index (χ2v) is 3.54. The van der Waals surface area contributed by atoms with E-state index in [0.29, 0.717) is 0 Å². The van der Waals surface area contributed by atoms with Gasteiger partial charge in [-0.3, -0.25) is 10.1 Å². The molecule has 0 aliphatic heterocycles. The van der Waals surface area contributed by atoms with Crippen molar-refractivity contribution in [3.8, 4) is 6.07 Å². The Balaban J connectivity index is 3.31. The van der Waals surface area contributed by atoms with Gasteiger partial charge < -0.3 is 14.9 Å². The number of esters is 1. The number of ether oxygens (including phenoxy) is 1. The molecule has 0 spiro atoms. The number of nitrogens with zero attached hydrogens (tertiary/aromatic N) is 2. The molecule has 100 valence electrons. The van der Waals surface area contributed by atoms with E-state index in [0.717, 1.165) is 19.2 Å². The standard InChI is InChI=1S/C11H10N2O6/c1-19-11(16)6-2-3-7(8(4-6)13(17)18)10(15)9(14)5-12/h2-4,9-10,14-15H,1H3. The monoisotopic (exact) mass is 266 g/mol. The number of rotatable bonds is 4. The van der Waals surface area contributed by atoms with Crippen LogP contribution in [0.1, 0.15) is 22.0 Å². The van der Waals surface area contributed by atoms with Crippen LogP contribution in [0.5, 0.6) is 0 Å². The Bertz CT molecular complexity index is 551. The summed E-state index contributed by atoms with van der Waals surface area (Å²) in [6, 6.07) is 4.57. The van der Waals surface area contributed by atoms with Crippen LogP contribution >= 0.6 is 0 Å². The van der Waals surface area contributed by atoms with Gasteiger partial charge in [-0.25, -0.2) is 4.79 Å². The number of aliphatic hydroxyl groups is 2. The highest BCUT2D eigenvalue weighted by molar-refractivity contribution is 5.90. The highest BCUT2D eigenvalue weighted by Crippen LogP contribution is 2.28. The summed E-state index contributed by atoms with van der Waals surface area (Å²) in [5.74, 6) is -0.773. The number of nitro benzene ring substituents is 1. The van der Waals surface area contributed by atoms with Crippen LogP contribution in [0.15, 0.2) is 18.2 Å². The second kappa shape index (κ2) is 5.90. The Morgan fingerprint density at radius 1 is 1.53 bits per heavy atom. The van der Waals surface area contributed by atoms with Crippen molar-refractivity contribution in [2.45, 2.75) is 12.2 Å². The molecule has 0 aliphatic rings. The number of carbonyl (C=O) groups excluding carboxylic acids is 1. The molecular formula is C11H10N2O6. The molecule has 0 heterocycles. The van der Waals surface area contributed by atoms with Crippen LogP contribution in [0.25, 0.3) is 0 Å². The molecule has 0 fully saturated rings.